The van der Waals surface area contributed by atoms with Crippen LogP contribution in [-0.4, -0.2) is 27.4 Å². The molecule has 0 spiro atoms. The fourth-order valence-corrected chi connectivity index (χ4v) is 2.09. The largest absolute Gasteiger partial charge is 0.495 e. The third-order valence-electron chi connectivity index (χ3n) is 2.88. The molecule has 4 nitrogen and oxygen atoms in total. The van der Waals surface area contributed by atoms with Crippen molar-refractivity contribution in [2.75, 3.05) is 27.4 Å². The van der Waals surface area contributed by atoms with Gasteiger partial charge in [0.2, 0.25) is 0 Å². The molecule has 0 saturated carbocycles. The van der Waals surface area contributed by atoms with Gasteiger partial charge in [0.1, 0.15) is 17.3 Å². The van der Waals surface area contributed by atoms with Gasteiger partial charge in [-0.2, -0.15) is 0 Å². The van der Waals surface area contributed by atoms with E-state index in [-0.39, 0.29) is 12.4 Å². The molecule has 6 heteroatoms. The molecule has 0 bridgehead atoms. The van der Waals surface area contributed by atoms with Crippen molar-refractivity contribution < 1.29 is 13.9 Å². The van der Waals surface area contributed by atoms with Gasteiger partial charge >= 0.3 is 0 Å². The molecule has 0 amide bonds. The number of halogens is 2. The topological polar surface area (TPSA) is 43.6 Å². The van der Waals surface area contributed by atoms with Crippen molar-refractivity contribution >= 4 is 24.0 Å². The van der Waals surface area contributed by atoms with E-state index in [1.54, 1.807) is 14.2 Å². The van der Waals surface area contributed by atoms with Gasteiger partial charge in [0.15, 0.2) is 0 Å². The van der Waals surface area contributed by atoms with Gasteiger partial charge in [-0.1, -0.05) is 11.6 Å². The lowest BCUT2D eigenvalue weighted by Crippen LogP contribution is -2.18. The average Bonchev–Trinajstić information content (AvgIpc) is 2.92. The van der Waals surface area contributed by atoms with Crippen LogP contribution in [0, 0.1) is 0 Å². The molecule has 2 aromatic rings. The zero-order valence-electron chi connectivity index (χ0n) is 12.0. The van der Waals surface area contributed by atoms with E-state index in [1.807, 2.05) is 30.3 Å². The highest BCUT2D eigenvalue weighted by atomic mass is 35.5. The number of nitrogens with one attached hydrogen (secondary N) is 1. The fraction of sp³-hybridized carbons (Fsp3) is 0.333. The van der Waals surface area contributed by atoms with E-state index in [9.17, 15) is 0 Å². The number of furan rings is 1. The molecule has 0 aliphatic heterocycles. The molecular weight excluding hydrogens is 313 g/mol. The summed E-state index contributed by atoms with van der Waals surface area (Å²) in [7, 11) is 3.28. The van der Waals surface area contributed by atoms with Crippen molar-refractivity contribution in [1.29, 1.82) is 0 Å². The maximum Gasteiger partial charge on any atom is 0.137 e. The lowest BCUT2D eigenvalue weighted by atomic mass is 10.2. The van der Waals surface area contributed by atoms with E-state index < -0.39 is 0 Å². The molecule has 0 saturated heterocycles. The van der Waals surface area contributed by atoms with Gasteiger partial charge in [0, 0.05) is 19.2 Å². The highest BCUT2D eigenvalue weighted by Crippen LogP contribution is 2.30. The Morgan fingerprint density at radius 1 is 1.19 bits per heavy atom. The van der Waals surface area contributed by atoms with Crippen molar-refractivity contribution in [1.82, 2.24) is 5.32 Å². The molecule has 1 N–H and O–H groups in total. The molecule has 1 aromatic carbocycles. The van der Waals surface area contributed by atoms with Crippen molar-refractivity contribution in [3.63, 3.8) is 0 Å². The lowest BCUT2D eigenvalue weighted by Gasteiger charge is -2.04. The van der Waals surface area contributed by atoms with Crippen molar-refractivity contribution in [3.05, 3.63) is 41.1 Å². The Morgan fingerprint density at radius 2 is 2.00 bits per heavy atom. The molecule has 0 unspecified atom stereocenters. The summed E-state index contributed by atoms with van der Waals surface area (Å²) < 4.78 is 15.9. The normalized spacial score (nSPS) is 10.2. The smallest absolute Gasteiger partial charge is 0.137 e. The molecule has 0 aliphatic rings. The number of rotatable bonds is 7. The first-order valence-corrected chi connectivity index (χ1v) is 6.74. The van der Waals surface area contributed by atoms with E-state index in [1.165, 1.54) is 0 Å². The third-order valence-corrected chi connectivity index (χ3v) is 3.18. The molecule has 1 aromatic heterocycles. The highest BCUT2D eigenvalue weighted by Gasteiger charge is 2.08. The number of hydrogen-bond donors (Lipinski definition) is 1. The zero-order valence-corrected chi connectivity index (χ0v) is 13.6. The van der Waals surface area contributed by atoms with E-state index in [4.69, 9.17) is 25.5 Å². The molecule has 1 heterocycles. The van der Waals surface area contributed by atoms with Gasteiger partial charge in [-0.15, -0.1) is 12.4 Å². The van der Waals surface area contributed by atoms with Crippen LogP contribution in [0.25, 0.3) is 11.3 Å². The summed E-state index contributed by atoms with van der Waals surface area (Å²) in [5, 5.41) is 3.80. The van der Waals surface area contributed by atoms with Crippen molar-refractivity contribution in [3.8, 4) is 17.1 Å². The Balaban J connectivity index is 0.00000220. The third kappa shape index (κ3) is 4.93. The van der Waals surface area contributed by atoms with E-state index >= 15 is 0 Å². The van der Waals surface area contributed by atoms with E-state index in [2.05, 4.69) is 5.32 Å². The molecule has 0 radical (unpaired) electrons. The van der Waals surface area contributed by atoms with Gasteiger partial charge in [-0.3, -0.25) is 0 Å². The molecule has 2 rings (SSSR count). The summed E-state index contributed by atoms with van der Waals surface area (Å²) in [6.07, 6.45) is 0. The van der Waals surface area contributed by atoms with Crippen LogP contribution < -0.4 is 10.1 Å². The SMILES string of the molecule is COCCNCc1ccc(-c2ccc(OC)c(Cl)c2)o1.Cl. The van der Waals surface area contributed by atoms with E-state index in [0.717, 1.165) is 23.6 Å². The van der Waals surface area contributed by atoms with Crippen molar-refractivity contribution in [2.45, 2.75) is 6.54 Å². The zero-order chi connectivity index (χ0) is 14.4. The Kier molecular flexibility index (Phi) is 7.61. The van der Waals surface area contributed by atoms with E-state index in [0.29, 0.717) is 23.9 Å². The van der Waals surface area contributed by atoms with Gasteiger partial charge in [-0.05, 0) is 30.3 Å². The number of hydrogen-bond acceptors (Lipinski definition) is 4. The van der Waals surface area contributed by atoms with Crippen LogP contribution >= 0.6 is 24.0 Å². The monoisotopic (exact) mass is 331 g/mol. The van der Waals surface area contributed by atoms with Gasteiger partial charge in [0.05, 0.1) is 25.3 Å². The summed E-state index contributed by atoms with van der Waals surface area (Å²) in [4.78, 5) is 0. The minimum absolute atomic E-state index is 0. The maximum atomic E-state index is 6.11. The van der Waals surface area contributed by atoms with Gasteiger partial charge in [0.25, 0.3) is 0 Å². The lowest BCUT2D eigenvalue weighted by molar-refractivity contribution is 0.198. The van der Waals surface area contributed by atoms with Crippen LogP contribution in [0.4, 0.5) is 0 Å². The quantitative estimate of drug-likeness (QED) is 0.784. The second-order valence-electron chi connectivity index (χ2n) is 4.28. The summed E-state index contributed by atoms with van der Waals surface area (Å²) >= 11 is 6.11. The molecule has 116 valence electrons. The first kappa shape index (κ1) is 17.9. The van der Waals surface area contributed by atoms with Gasteiger partial charge in [-0.25, -0.2) is 0 Å². The molecule has 0 atom stereocenters. The second-order valence-corrected chi connectivity index (χ2v) is 4.69. The Bertz CT molecular complexity index is 558. The second kappa shape index (κ2) is 8.95. The minimum Gasteiger partial charge on any atom is -0.495 e. The van der Waals surface area contributed by atoms with Crippen molar-refractivity contribution in [2.24, 2.45) is 0 Å². The standard InChI is InChI=1S/C15H18ClNO3.ClH/c1-18-8-7-17-10-12-4-6-14(20-12)11-3-5-15(19-2)13(16)9-11;/h3-6,9,17H,7-8,10H2,1-2H3;1H. The summed E-state index contributed by atoms with van der Waals surface area (Å²) in [5.41, 5.74) is 0.930. The number of methoxy groups -OCH3 is 2. The van der Waals surface area contributed by atoms with Crippen LogP contribution in [0.15, 0.2) is 34.7 Å². The minimum atomic E-state index is 0. The Hall–Kier alpha value is -1.20. The number of benzene rings is 1. The number of ether oxygens (including phenoxy) is 2. The van der Waals surface area contributed by atoms with Crippen LogP contribution in [-0.2, 0) is 11.3 Å². The summed E-state index contributed by atoms with van der Waals surface area (Å²) in [6, 6.07) is 9.47. The van der Waals surface area contributed by atoms with Crippen LogP contribution in [0.3, 0.4) is 0 Å². The van der Waals surface area contributed by atoms with Crippen LogP contribution in [0.1, 0.15) is 5.76 Å². The molecule has 0 aliphatic carbocycles. The summed E-state index contributed by atoms with van der Waals surface area (Å²) in [6.45, 7) is 2.15. The van der Waals surface area contributed by atoms with Crippen LogP contribution in [0.2, 0.25) is 5.02 Å². The molecule has 0 fully saturated rings. The molecular formula is C15H19Cl2NO3. The maximum absolute atomic E-state index is 6.11. The first-order valence-electron chi connectivity index (χ1n) is 6.37. The summed E-state index contributed by atoms with van der Waals surface area (Å²) in [5.74, 6) is 2.32. The highest BCUT2D eigenvalue weighted by molar-refractivity contribution is 6.32. The predicted molar refractivity (Wildman–Crippen MR) is 86.5 cm³/mol. The molecule has 21 heavy (non-hydrogen) atoms. The van der Waals surface area contributed by atoms with Gasteiger partial charge < -0.3 is 19.2 Å². The first-order chi connectivity index (χ1) is 9.74. The Labute approximate surface area is 135 Å². The fourth-order valence-electron chi connectivity index (χ4n) is 1.83. The predicted octanol–water partition coefficient (Wildman–Crippen LogP) is 3.77. The Morgan fingerprint density at radius 3 is 2.67 bits per heavy atom. The average molecular weight is 332 g/mol. The van der Waals surface area contributed by atoms with Crippen LogP contribution in [0.5, 0.6) is 5.75 Å².